The Balaban J connectivity index is 2.39. The van der Waals surface area contributed by atoms with Crippen LogP contribution in [0.25, 0.3) is 0 Å². The third-order valence-corrected chi connectivity index (χ3v) is 3.18. The molecule has 2 N–H and O–H groups in total. The first-order chi connectivity index (χ1) is 9.54. The van der Waals surface area contributed by atoms with Gasteiger partial charge in [-0.1, -0.05) is 0 Å². The van der Waals surface area contributed by atoms with E-state index < -0.39 is 0 Å². The number of carbonyl (C=O) groups is 1. The average Bonchev–Trinajstić information content (AvgIpc) is 2.83. The lowest BCUT2D eigenvalue weighted by molar-refractivity contribution is 0.0978. The van der Waals surface area contributed by atoms with E-state index in [1.54, 1.807) is 29.6 Å². The maximum Gasteiger partial charge on any atom is 0.274 e. The molecule has 5 nitrogen and oxygen atoms in total. The van der Waals surface area contributed by atoms with E-state index >= 15 is 0 Å². The van der Waals surface area contributed by atoms with E-state index in [1.807, 2.05) is 37.5 Å². The number of carbonyl (C=O) groups excluding carboxylic acids is 1. The Morgan fingerprint density at radius 2 is 2.05 bits per heavy atom. The highest BCUT2D eigenvalue weighted by Crippen LogP contribution is 2.21. The first kappa shape index (κ1) is 14.1. The Morgan fingerprint density at radius 1 is 1.40 bits per heavy atom. The third-order valence-electron chi connectivity index (χ3n) is 3.18. The molecule has 0 fully saturated rings. The molecule has 0 aliphatic heterocycles. The summed E-state index contributed by atoms with van der Waals surface area (Å²) < 4.78 is 1.90. The molecule has 0 bridgehead atoms. The van der Waals surface area contributed by atoms with E-state index in [-0.39, 0.29) is 11.9 Å². The van der Waals surface area contributed by atoms with Gasteiger partial charge < -0.3 is 15.2 Å². The van der Waals surface area contributed by atoms with Gasteiger partial charge in [0.2, 0.25) is 0 Å². The standard InChI is InChI=1S/C15H20N4O/c1-4-18(13-5-7-17-8-6-13)15(20)14-9-12(16)10-19(14)11(2)3/h5-11H,4,16H2,1-3H3. The number of pyridine rings is 1. The second kappa shape index (κ2) is 5.77. The van der Waals surface area contributed by atoms with Gasteiger partial charge in [-0.05, 0) is 39.0 Å². The second-order valence-corrected chi connectivity index (χ2v) is 4.91. The van der Waals surface area contributed by atoms with Crippen molar-refractivity contribution in [2.75, 3.05) is 17.2 Å². The van der Waals surface area contributed by atoms with Crippen molar-refractivity contribution in [2.45, 2.75) is 26.8 Å². The lowest BCUT2D eigenvalue weighted by atomic mass is 10.2. The third kappa shape index (κ3) is 2.66. The molecule has 20 heavy (non-hydrogen) atoms. The molecule has 0 aliphatic carbocycles. The van der Waals surface area contributed by atoms with Crippen LogP contribution in [0.3, 0.4) is 0 Å². The summed E-state index contributed by atoms with van der Waals surface area (Å²) in [6.45, 7) is 6.59. The molecule has 106 valence electrons. The summed E-state index contributed by atoms with van der Waals surface area (Å²) in [5, 5.41) is 0. The number of aromatic nitrogens is 2. The van der Waals surface area contributed by atoms with Crippen molar-refractivity contribution in [1.29, 1.82) is 0 Å². The highest BCUT2D eigenvalue weighted by molar-refractivity contribution is 6.05. The maximum absolute atomic E-state index is 12.7. The first-order valence-electron chi connectivity index (χ1n) is 6.73. The van der Waals surface area contributed by atoms with E-state index in [1.165, 1.54) is 0 Å². The van der Waals surface area contributed by atoms with Crippen LogP contribution in [-0.4, -0.2) is 22.0 Å². The van der Waals surface area contributed by atoms with E-state index in [4.69, 9.17) is 5.73 Å². The normalized spacial score (nSPS) is 10.8. The van der Waals surface area contributed by atoms with Crippen molar-refractivity contribution in [3.63, 3.8) is 0 Å². The number of rotatable bonds is 4. The van der Waals surface area contributed by atoms with Gasteiger partial charge in [0.1, 0.15) is 5.69 Å². The summed E-state index contributed by atoms with van der Waals surface area (Å²) in [6, 6.07) is 5.56. The predicted molar refractivity (Wildman–Crippen MR) is 80.8 cm³/mol. The minimum absolute atomic E-state index is 0.0518. The molecule has 0 unspecified atom stereocenters. The van der Waals surface area contributed by atoms with Gasteiger partial charge in [-0.25, -0.2) is 0 Å². The van der Waals surface area contributed by atoms with Gasteiger partial charge in [-0.15, -0.1) is 0 Å². The second-order valence-electron chi connectivity index (χ2n) is 4.91. The maximum atomic E-state index is 12.7. The average molecular weight is 272 g/mol. The Kier molecular flexibility index (Phi) is 4.08. The van der Waals surface area contributed by atoms with Crippen LogP contribution in [0.2, 0.25) is 0 Å². The summed E-state index contributed by atoms with van der Waals surface area (Å²) in [7, 11) is 0. The molecule has 5 heteroatoms. The lowest BCUT2D eigenvalue weighted by Gasteiger charge is -2.22. The Bertz CT molecular complexity index is 589. The van der Waals surface area contributed by atoms with Crippen LogP contribution >= 0.6 is 0 Å². The van der Waals surface area contributed by atoms with Gasteiger partial charge in [0.15, 0.2) is 0 Å². The van der Waals surface area contributed by atoms with Crippen LogP contribution in [0.15, 0.2) is 36.8 Å². The largest absolute Gasteiger partial charge is 0.397 e. The van der Waals surface area contributed by atoms with Crippen LogP contribution in [0.4, 0.5) is 11.4 Å². The van der Waals surface area contributed by atoms with Gasteiger partial charge in [0.25, 0.3) is 5.91 Å². The van der Waals surface area contributed by atoms with Crippen molar-refractivity contribution < 1.29 is 4.79 Å². The Morgan fingerprint density at radius 3 is 2.60 bits per heavy atom. The SMILES string of the molecule is CCN(C(=O)c1cc(N)cn1C(C)C)c1ccncc1. The molecular weight excluding hydrogens is 252 g/mol. The minimum Gasteiger partial charge on any atom is -0.397 e. The summed E-state index contributed by atoms with van der Waals surface area (Å²) in [6.07, 6.45) is 5.17. The molecular formula is C15H20N4O. The molecule has 0 radical (unpaired) electrons. The fourth-order valence-corrected chi connectivity index (χ4v) is 2.20. The van der Waals surface area contributed by atoms with Crippen molar-refractivity contribution in [2.24, 2.45) is 0 Å². The zero-order valence-corrected chi connectivity index (χ0v) is 12.1. The number of anilines is 2. The monoisotopic (exact) mass is 272 g/mol. The summed E-state index contributed by atoms with van der Waals surface area (Å²) >= 11 is 0. The number of nitrogens with two attached hydrogens (primary N) is 1. The molecule has 2 aromatic rings. The van der Waals surface area contributed by atoms with Crippen molar-refractivity contribution >= 4 is 17.3 Å². The molecule has 2 heterocycles. The highest BCUT2D eigenvalue weighted by atomic mass is 16.2. The first-order valence-corrected chi connectivity index (χ1v) is 6.73. The van der Waals surface area contributed by atoms with Gasteiger partial charge in [-0.3, -0.25) is 9.78 Å². The summed E-state index contributed by atoms with van der Waals surface area (Å²) in [5.41, 5.74) is 7.88. The fourth-order valence-electron chi connectivity index (χ4n) is 2.20. The van der Waals surface area contributed by atoms with Crippen molar-refractivity contribution in [1.82, 2.24) is 9.55 Å². The van der Waals surface area contributed by atoms with Crippen LogP contribution in [0.1, 0.15) is 37.3 Å². The molecule has 0 saturated heterocycles. The molecule has 0 saturated carbocycles. The minimum atomic E-state index is -0.0518. The number of nitrogens with zero attached hydrogens (tertiary/aromatic N) is 3. The number of amides is 1. The van der Waals surface area contributed by atoms with E-state index in [2.05, 4.69) is 4.98 Å². The molecule has 2 rings (SSSR count). The number of nitrogen functional groups attached to an aromatic ring is 1. The molecule has 0 atom stereocenters. The zero-order chi connectivity index (χ0) is 14.7. The van der Waals surface area contributed by atoms with Crippen LogP contribution < -0.4 is 10.6 Å². The van der Waals surface area contributed by atoms with Crippen LogP contribution in [0, 0.1) is 0 Å². The predicted octanol–water partition coefficient (Wildman–Crippen LogP) is 2.71. The molecule has 0 aliphatic rings. The Hall–Kier alpha value is -2.30. The van der Waals surface area contributed by atoms with Gasteiger partial charge in [0.05, 0.1) is 5.69 Å². The van der Waals surface area contributed by atoms with E-state index in [9.17, 15) is 4.79 Å². The highest BCUT2D eigenvalue weighted by Gasteiger charge is 2.21. The van der Waals surface area contributed by atoms with Gasteiger partial charge in [0, 0.05) is 36.9 Å². The summed E-state index contributed by atoms with van der Waals surface area (Å²) in [5.74, 6) is -0.0518. The van der Waals surface area contributed by atoms with Crippen LogP contribution in [-0.2, 0) is 0 Å². The fraction of sp³-hybridized carbons (Fsp3) is 0.333. The van der Waals surface area contributed by atoms with Crippen molar-refractivity contribution in [3.05, 3.63) is 42.5 Å². The van der Waals surface area contributed by atoms with Gasteiger partial charge >= 0.3 is 0 Å². The van der Waals surface area contributed by atoms with E-state index in [0.717, 1.165) is 5.69 Å². The van der Waals surface area contributed by atoms with Gasteiger partial charge in [-0.2, -0.15) is 0 Å². The molecule has 2 aromatic heterocycles. The molecule has 0 spiro atoms. The topological polar surface area (TPSA) is 64.2 Å². The quantitative estimate of drug-likeness (QED) is 0.930. The van der Waals surface area contributed by atoms with Crippen LogP contribution in [0.5, 0.6) is 0 Å². The smallest absolute Gasteiger partial charge is 0.274 e. The number of hydrogen-bond acceptors (Lipinski definition) is 3. The van der Waals surface area contributed by atoms with Crippen molar-refractivity contribution in [3.8, 4) is 0 Å². The molecule has 1 amide bonds. The van der Waals surface area contributed by atoms with E-state index in [0.29, 0.717) is 17.9 Å². The number of hydrogen-bond donors (Lipinski definition) is 1. The molecule has 0 aromatic carbocycles. The summed E-state index contributed by atoms with van der Waals surface area (Å²) in [4.78, 5) is 18.4. The Labute approximate surface area is 119 Å². The zero-order valence-electron chi connectivity index (χ0n) is 12.1. The lowest BCUT2D eigenvalue weighted by Crippen LogP contribution is -2.32.